The van der Waals surface area contributed by atoms with Crippen LogP contribution in [-0.4, -0.2) is 57.5 Å². The molecule has 3 aromatic rings. The number of hydrogen-bond donors (Lipinski definition) is 0. The molecule has 1 spiro atoms. The Labute approximate surface area is 180 Å². The Balaban J connectivity index is 1.45. The zero-order chi connectivity index (χ0) is 20.4. The summed E-state index contributed by atoms with van der Waals surface area (Å²) in [6.45, 7) is 3.91. The molecule has 1 amide bonds. The fourth-order valence-electron chi connectivity index (χ4n) is 4.62. The van der Waals surface area contributed by atoms with Gasteiger partial charge < -0.3 is 9.64 Å². The second-order valence-corrected chi connectivity index (χ2v) is 8.74. The Morgan fingerprint density at radius 2 is 2.00 bits per heavy atom. The van der Waals surface area contributed by atoms with Crippen molar-refractivity contribution in [2.45, 2.75) is 24.6 Å². The van der Waals surface area contributed by atoms with Crippen LogP contribution in [0.4, 0.5) is 0 Å². The quantitative estimate of drug-likeness (QED) is 0.635. The molecular weight excluding hydrogens is 396 g/mol. The molecule has 6 nitrogen and oxygen atoms in total. The third-order valence-corrected chi connectivity index (χ3v) is 6.76. The maximum Gasteiger partial charge on any atom is 0.257 e. The van der Waals surface area contributed by atoms with Gasteiger partial charge in [0, 0.05) is 63.4 Å². The highest BCUT2D eigenvalue weighted by atomic mass is 32.1. The van der Waals surface area contributed by atoms with E-state index in [1.165, 1.54) is 11.1 Å². The monoisotopic (exact) mass is 420 g/mol. The first-order valence-corrected chi connectivity index (χ1v) is 11.1. The molecule has 2 aliphatic heterocycles. The van der Waals surface area contributed by atoms with Gasteiger partial charge in [0.1, 0.15) is 0 Å². The van der Waals surface area contributed by atoms with E-state index in [-0.39, 0.29) is 11.8 Å². The molecule has 2 fully saturated rings. The van der Waals surface area contributed by atoms with Crippen LogP contribution in [0.5, 0.6) is 0 Å². The molecule has 5 heterocycles. The number of ether oxygens (including phenoxy) is 1. The van der Waals surface area contributed by atoms with Gasteiger partial charge in [0.2, 0.25) is 0 Å². The number of hydrogen-bond acceptors (Lipinski definition) is 6. The molecule has 30 heavy (non-hydrogen) atoms. The van der Waals surface area contributed by atoms with Crippen LogP contribution in [0.2, 0.25) is 0 Å². The molecule has 0 N–H and O–H groups in total. The summed E-state index contributed by atoms with van der Waals surface area (Å²) in [6, 6.07) is 10.1. The number of carbonyl (C=O) groups is 1. The summed E-state index contributed by atoms with van der Waals surface area (Å²) in [5.41, 5.74) is 2.55. The highest BCUT2D eigenvalue weighted by Crippen LogP contribution is 2.42. The first kappa shape index (κ1) is 19.4. The minimum absolute atomic E-state index is 0.0502. The van der Waals surface area contributed by atoms with E-state index in [2.05, 4.69) is 37.8 Å². The van der Waals surface area contributed by atoms with Crippen molar-refractivity contribution in [1.82, 2.24) is 19.8 Å². The lowest BCUT2D eigenvalue weighted by Crippen LogP contribution is -2.59. The fraction of sp³-hybridized carbons (Fsp3) is 0.348. The van der Waals surface area contributed by atoms with Crippen molar-refractivity contribution in [3.05, 3.63) is 82.6 Å². The highest BCUT2D eigenvalue weighted by Gasteiger charge is 2.56. The van der Waals surface area contributed by atoms with Crippen molar-refractivity contribution < 1.29 is 9.53 Å². The normalized spacial score (nSPS) is 24.6. The second-order valence-electron chi connectivity index (χ2n) is 7.96. The predicted molar refractivity (Wildman–Crippen MR) is 115 cm³/mol. The summed E-state index contributed by atoms with van der Waals surface area (Å²) in [5, 5.41) is 4.17. The van der Waals surface area contributed by atoms with Crippen LogP contribution < -0.4 is 0 Å². The van der Waals surface area contributed by atoms with Crippen molar-refractivity contribution >= 4 is 17.2 Å². The van der Waals surface area contributed by atoms with E-state index in [9.17, 15) is 4.79 Å². The van der Waals surface area contributed by atoms with Crippen LogP contribution in [0, 0.1) is 0 Å². The van der Waals surface area contributed by atoms with Crippen molar-refractivity contribution in [2.24, 2.45) is 0 Å². The molecule has 0 aromatic carbocycles. The van der Waals surface area contributed by atoms with Crippen LogP contribution in [0.25, 0.3) is 0 Å². The molecule has 2 atom stereocenters. The average Bonchev–Trinajstić information content (AvgIpc) is 3.41. The molecule has 0 saturated carbocycles. The van der Waals surface area contributed by atoms with E-state index in [0.29, 0.717) is 26.2 Å². The maximum absolute atomic E-state index is 13.8. The minimum Gasteiger partial charge on any atom is -0.361 e. The van der Waals surface area contributed by atoms with Crippen LogP contribution in [0.3, 0.4) is 0 Å². The number of likely N-dealkylation sites (tertiary alicyclic amines) is 1. The molecule has 0 unspecified atom stereocenters. The number of carbonyl (C=O) groups excluding carboxylic acids is 1. The standard InChI is InChI=1S/C23H24N4O2S/c28-22-23(29-10-9-27(22)14-19-5-11-30-16-19)17-26(13-18-3-7-24-8-4-18)15-21(23)20-2-1-6-25-12-20/h1-8,11-12,16,21H,9-10,13-15,17H2/t21-,23-/m1/s1. The van der Waals surface area contributed by atoms with Crippen LogP contribution in [0.1, 0.15) is 22.6 Å². The van der Waals surface area contributed by atoms with Gasteiger partial charge in [-0.3, -0.25) is 19.7 Å². The number of thiophene rings is 1. The van der Waals surface area contributed by atoms with Crippen LogP contribution in [0.15, 0.2) is 65.9 Å². The molecule has 3 aromatic heterocycles. The van der Waals surface area contributed by atoms with E-state index < -0.39 is 5.60 Å². The molecule has 0 radical (unpaired) electrons. The number of nitrogens with zero attached hydrogens (tertiary/aromatic N) is 4. The molecule has 7 heteroatoms. The molecule has 154 valence electrons. The van der Waals surface area contributed by atoms with Gasteiger partial charge in [0.05, 0.1) is 6.61 Å². The molecule has 5 rings (SSSR count). The van der Waals surface area contributed by atoms with E-state index in [1.807, 2.05) is 41.7 Å². The summed E-state index contributed by atoms with van der Waals surface area (Å²) in [5.74, 6) is 0.0387. The maximum atomic E-state index is 13.8. The number of pyridine rings is 2. The van der Waals surface area contributed by atoms with E-state index in [4.69, 9.17) is 4.74 Å². The first-order valence-electron chi connectivity index (χ1n) is 10.2. The lowest BCUT2D eigenvalue weighted by Gasteiger charge is -2.42. The Kier molecular flexibility index (Phi) is 5.33. The van der Waals surface area contributed by atoms with Gasteiger partial charge in [-0.15, -0.1) is 0 Å². The number of aromatic nitrogens is 2. The van der Waals surface area contributed by atoms with Gasteiger partial charge in [-0.05, 0) is 51.7 Å². The van der Waals surface area contributed by atoms with Crippen molar-refractivity contribution in [3.63, 3.8) is 0 Å². The van der Waals surface area contributed by atoms with Gasteiger partial charge in [-0.2, -0.15) is 11.3 Å². The van der Waals surface area contributed by atoms with Gasteiger partial charge in [0.15, 0.2) is 5.60 Å². The van der Waals surface area contributed by atoms with Crippen molar-refractivity contribution in [1.29, 1.82) is 0 Å². The second kappa shape index (κ2) is 8.26. The van der Waals surface area contributed by atoms with Gasteiger partial charge >= 0.3 is 0 Å². The largest absolute Gasteiger partial charge is 0.361 e. The average molecular weight is 421 g/mol. The third-order valence-electron chi connectivity index (χ3n) is 6.03. The Morgan fingerprint density at radius 3 is 2.77 bits per heavy atom. The van der Waals surface area contributed by atoms with Gasteiger partial charge in [-0.25, -0.2) is 0 Å². The molecule has 0 bridgehead atoms. The van der Waals surface area contributed by atoms with Gasteiger partial charge in [0.25, 0.3) is 5.91 Å². The van der Waals surface area contributed by atoms with E-state index in [0.717, 1.165) is 18.7 Å². The molecule has 2 saturated heterocycles. The Morgan fingerprint density at radius 1 is 1.10 bits per heavy atom. The highest BCUT2D eigenvalue weighted by molar-refractivity contribution is 7.07. The number of amides is 1. The summed E-state index contributed by atoms with van der Waals surface area (Å²) < 4.78 is 6.35. The van der Waals surface area contributed by atoms with Crippen molar-refractivity contribution in [2.75, 3.05) is 26.2 Å². The molecule has 2 aliphatic rings. The summed E-state index contributed by atoms with van der Waals surface area (Å²) >= 11 is 1.66. The Hall–Kier alpha value is -2.61. The molecular formula is C23H24N4O2S. The first-order chi connectivity index (χ1) is 14.7. The zero-order valence-electron chi connectivity index (χ0n) is 16.7. The Bertz CT molecular complexity index is 983. The lowest BCUT2D eigenvalue weighted by atomic mass is 9.83. The number of morpholine rings is 1. The zero-order valence-corrected chi connectivity index (χ0v) is 17.5. The minimum atomic E-state index is -0.871. The van der Waals surface area contributed by atoms with Gasteiger partial charge in [-0.1, -0.05) is 6.07 Å². The van der Waals surface area contributed by atoms with E-state index >= 15 is 0 Å². The van der Waals surface area contributed by atoms with E-state index in [1.54, 1.807) is 17.5 Å². The summed E-state index contributed by atoms with van der Waals surface area (Å²) in [6.07, 6.45) is 7.26. The summed E-state index contributed by atoms with van der Waals surface area (Å²) in [4.78, 5) is 26.5. The molecule has 0 aliphatic carbocycles. The number of rotatable bonds is 5. The van der Waals surface area contributed by atoms with Crippen LogP contribution in [-0.2, 0) is 22.6 Å². The third kappa shape index (κ3) is 3.64. The SMILES string of the molecule is O=C1N(Cc2ccsc2)CCO[C@@]12CN(Cc1ccncc1)C[C@@H]2c1cccnc1. The van der Waals surface area contributed by atoms with Crippen LogP contribution >= 0.6 is 11.3 Å². The smallest absolute Gasteiger partial charge is 0.257 e. The fourth-order valence-corrected chi connectivity index (χ4v) is 5.28. The van der Waals surface area contributed by atoms with Crippen molar-refractivity contribution in [3.8, 4) is 0 Å². The predicted octanol–water partition coefficient (Wildman–Crippen LogP) is 2.94. The topological polar surface area (TPSA) is 58.6 Å². The lowest BCUT2D eigenvalue weighted by molar-refractivity contribution is -0.173. The summed E-state index contributed by atoms with van der Waals surface area (Å²) in [7, 11) is 0.